The molecule has 8 nitrogen and oxygen atoms in total. The monoisotopic (exact) mass is 509 g/mol. The van der Waals surface area contributed by atoms with Crippen LogP contribution in [0.4, 0.5) is 13.6 Å². The van der Waals surface area contributed by atoms with E-state index < -0.39 is 5.92 Å². The molecule has 8 fully saturated rings. The van der Waals surface area contributed by atoms with E-state index in [1.807, 2.05) is 4.90 Å². The summed E-state index contributed by atoms with van der Waals surface area (Å²) in [5.41, 5.74) is 3.66. The van der Waals surface area contributed by atoms with Crippen LogP contribution in [0, 0.1) is 16.7 Å². The largest absolute Gasteiger partial charge is 0.324 e. The Balaban J connectivity index is 0.739. The van der Waals surface area contributed by atoms with Gasteiger partial charge in [0.25, 0.3) is 0 Å². The molecule has 10 rings (SSSR count). The number of carbonyl (C=O) groups excluding carboxylic acids is 1. The molecule has 6 aliphatic carbocycles. The van der Waals surface area contributed by atoms with Crippen LogP contribution in [0.1, 0.15) is 98.6 Å². The van der Waals surface area contributed by atoms with E-state index in [9.17, 15) is 13.6 Å². The number of alkyl halides is 2. The summed E-state index contributed by atoms with van der Waals surface area (Å²) in [6, 6.07) is 2.54. The number of nitrogens with zero attached hydrogens (tertiary/aromatic N) is 5. The van der Waals surface area contributed by atoms with Gasteiger partial charge in [0.15, 0.2) is 5.82 Å². The second-order valence-corrected chi connectivity index (χ2v) is 14.0. The van der Waals surface area contributed by atoms with Crippen LogP contribution in [0.3, 0.4) is 0 Å². The zero-order chi connectivity index (χ0) is 24.8. The average molecular weight is 510 g/mol. The number of hydrogen-bond donors (Lipinski definition) is 2. The van der Waals surface area contributed by atoms with E-state index in [0.29, 0.717) is 34.4 Å². The Kier molecular flexibility index (Phi) is 3.79. The Morgan fingerprint density at radius 3 is 2.32 bits per heavy atom. The highest BCUT2D eigenvalue weighted by atomic mass is 19.3. The summed E-state index contributed by atoms with van der Waals surface area (Å²) in [4.78, 5) is 21.7. The Bertz CT molecular complexity index is 1270. The van der Waals surface area contributed by atoms with Crippen LogP contribution in [-0.4, -0.2) is 73.3 Å². The molecular formula is C27H33F2N7O. The van der Waals surface area contributed by atoms with Gasteiger partial charge in [0.1, 0.15) is 5.82 Å². The van der Waals surface area contributed by atoms with Crippen molar-refractivity contribution in [2.75, 3.05) is 26.2 Å². The van der Waals surface area contributed by atoms with Crippen LogP contribution < -0.4 is 0 Å². The maximum atomic E-state index is 13.2. The second-order valence-electron chi connectivity index (χ2n) is 14.0. The summed E-state index contributed by atoms with van der Waals surface area (Å²) >= 11 is 0. The number of carbonyl (C=O) groups is 1. The fourth-order valence-corrected chi connectivity index (χ4v) is 8.84. The van der Waals surface area contributed by atoms with Crippen LogP contribution >= 0.6 is 0 Å². The lowest BCUT2D eigenvalue weighted by molar-refractivity contribution is -0.209. The van der Waals surface area contributed by atoms with Crippen molar-refractivity contribution in [3.8, 4) is 0 Å². The molecular weight excluding hydrogens is 476 g/mol. The molecule has 2 aromatic rings. The highest BCUT2D eigenvalue weighted by molar-refractivity contribution is 5.76. The molecule has 37 heavy (non-hydrogen) atoms. The molecule has 2 amide bonds. The molecule has 0 aromatic carbocycles. The third-order valence-corrected chi connectivity index (χ3v) is 11.3. The maximum Gasteiger partial charge on any atom is 0.320 e. The van der Waals surface area contributed by atoms with Gasteiger partial charge < -0.3 is 9.80 Å². The number of hydrogen-bond acceptors (Lipinski definition) is 4. The van der Waals surface area contributed by atoms with Gasteiger partial charge in [-0.3, -0.25) is 10.2 Å². The quantitative estimate of drug-likeness (QED) is 0.630. The molecule has 2 N–H and O–H groups in total. The van der Waals surface area contributed by atoms with Gasteiger partial charge >= 0.3 is 6.03 Å². The van der Waals surface area contributed by atoms with Gasteiger partial charge in [-0.1, -0.05) is 0 Å². The van der Waals surface area contributed by atoms with Gasteiger partial charge in [-0.05, 0) is 62.3 Å². The van der Waals surface area contributed by atoms with Gasteiger partial charge in [0.2, 0.25) is 5.92 Å². The van der Waals surface area contributed by atoms with Crippen molar-refractivity contribution in [1.29, 1.82) is 0 Å². The Morgan fingerprint density at radius 1 is 0.919 bits per heavy atom. The minimum Gasteiger partial charge on any atom is -0.324 e. The first-order valence-corrected chi connectivity index (χ1v) is 14.1. The number of H-pyrrole nitrogens is 2. The Hall–Kier alpha value is -2.52. The van der Waals surface area contributed by atoms with E-state index in [1.54, 1.807) is 0 Å². The fourth-order valence-electron chi connectivity index (χ4n) is 8.84. The van der Waals surface area contributed by atoms with E-state index in [1.165, 1.54) is 43.5 Å². The minimum atomic E-state index is -2.55. The predicted octanol–water partition coefficient (Wildman–Crippen LogP) is 4.27. The normalized spacial score (nSPS) is 35.7. The summed E-state index contributed by atoms with van der Waals surface area (Å²) < 4.78 is 26.3. The van der Waals surface area contributed by atoms with Crippen molar-refractivity contribution in [2.45, 2.75) is 86.9 Å². The summed E-state index contributed by atoms with van der Waals surface area (Å²) in [5.74, 6) is 0.276. The Morgan fingerprint density at radius 2 is 1.65 bits per heavy atom. The number of aromatic amines is 2. The fraction of sp³-hybridized carbons (Fsp3) is 0.778. The molecule has 2 bridgehead atoms. The van der Waals surface area contributed by atoms with E-state index in [2.05, 4.69) is 36.3 Å². The molecule has 0 unspecified atom stereocenters. The molecule has 2 aromatic heterocycles. The highest BCUT2D eigenvalue weighted by Crippen LogP contribution is 2.77. The van der Waals surface area contributed by atoms with Crippen molar-refractivity contribution in [3.63, 3.8) is 0 Å². The standard InChI is InChI=1S/C27H33F2N7O/c28-27(29)6-17(7-27)22-30-21(33-34-22)16-4-24(5-16)13-36(14-24)23(37)35-8-18(9-35)25-10-26(11-25,12-25)20-3-19(31-32-20)15-1-2-15/h3,15-18H,1-2,4-14H2,(H,31,32)(H,30,33,34). The molecule has 8 aliphatic rings. The van der Waals surface area contributed by atoms with E-state index in [0.717, 1.165) is 44.8 Å². The van der Waals surface area contributed by atoms with Crippen LogP contribution in [0.2, 0.25) is 0 Å². The van der Waals surface area contributed by atoms with E-state index in [-0.39, 0.29) is 30.2 Å². The van der Waals surface area contributed by atoms with E-state index in [4.69, 9.17) is 0 Å². The lowest BCUT2D eigenvalue weighted by Crippen LogP contribution is -2.74. The lowest BCUT2D eigenvalue weighted by Gasteiger charge is -2.75. The van der Waals surface area contributed by atoms with Crippen molar-refractivity contribution in [1.82, 2.24) is 35.2 Å². The number of urea groups is 1. The number of halogens is 2. The third kappa shape index (κ3) is 2.93. The van der Waals surface area contributed by atoms with E-state index >= 15 is 0 Å². The second kappa shape index (κ2) is 6.54. The summed E-state index contributed by atoms with van der Waals surface area (Å²) in [7, 11) is 0. The van der Waals surface area contributed by atoms with Gasteiger partial charge in [0, 0.05) is 73.3 Å². The van der Waals surface area contributed by atoms with Gasteiger partial charge in [0.05, 0.1) is 5.69 Å². The summed E-state index contributed by atoms with van der Waals surface area (Å²) in [6.07, 6.45) is 8.09. The van der Waals surface area contributed by atoms with Crippen molar-refractivity contribution in [3.05, 3.63) is 29.1 Å². The SMILES string of the molecule is O=C(N1CC(C23CC(c4cc(C5CC5)n[nH]4)(C2)C3)C1)N1CC2(CC(c3nc(C4CC(F)(F)C4)n[nH]3)C2)C1. The van der Waals surface area contributed by atoms with Crippen molar-refractivity contribution in [2.24, 2.45) is 16.7 Å². The lowest BCUT2D eigenvalue weighted by atomic mass is 9.30. The van der Waals surface area contributed by atoms with Crippen molar-refractivity contribution >= 4 is 6.03 Å². The smallest absolute Gasteiger partial charge is 0.320 e. The van der Waals surface area contributed by atoms with Crippen LogP contribution in [0.15, 0.2) is 6.07 Å². The summed E-state index contributed by atoms with van der Waals surface area (Å²) in [5, 5.41) is 15.1. The zero-order valence-electron chi connectivity index (χ0n) is 21.0. The summed E-state index contributed by atoms with van der Waals surface area (Å²) in [6.45, 7) is 3.49. The number of aromatic nitrogens is 5. The topological polar surface area (TPSA) is 93.8 Å². The molecule has 2 aliphatic heterocycles. The molecule has 6 saturated carbocycles. The number of nitrogens with one attached hydrogen (secondary N) is 2. The minimum absolute atomic E-state index is 0.138. The first kappa shape index (κ1) is 21.4. The molecule has 10 heteroatoms. The molecule has 196 valence electrons. The maximum absolute atomic E-state index is 13.2. The van der Waals surface area contributed by atoms with Crippen LogP contribution in [0.25, 0.3) is 0 Å². The molecule has 1 spiro atoms. The number of rotatable bonds is 5. The van der Waals surface area contributed by atoms with Gasteiger partial charge in [-0.15, -0.1) is 0 Å². The first-order valence-electron chi connectivity index (χ1n) is 14.1. The van der Waals surface area contributed by atoms with Crippen molar-refractivity contribution < 1.29 is 13.6 Å². The number of likely N-dealkylation sites (tertiary alicyclic amines) is 2. The average Bonchev–Trinajstić information content (AvgIpc) is 3.23. The molecule has 0 radical (unpaired) electrons. The van der Waals surface area contributed by atoms with Gasteiger partial charge in [-0.2, -0.15) is 10.2 Å². The molecule has 2 saturated heterocycles. The van der Waals surface area contributed by atoms with Crippen LogP contribution in [-0.2, 0) is 5.41 Å². The Labute approximate surface area is 214 Å². The third-order valence-electron chi connectivity index (χ3n) is 11.3. The molecule has 4 heterocycles. The highest BCUT2D eigenvalue weighted by Gasteiger charge is 2.73. The van der Waals surface area contributed by atoms with Gasteiger partial charge in [-0.25, -0.2) is 18.6 Å². The van der Waals surface area contributed by atoms with Crippen LogP contribution in [0.5, 0.6) is 0 Å². The molecule has 0 atom stereocenters. The predicted molar refractivity (Wildman–Crippen MR) is 128 cm³/mol. The zero-order valence-corrected chi connectivity index (χ0v) is 21.0. The number of amides is 2. The first-order chi connectivity index (χ1) is 17.7.